The second kappa shape index (κ2) is 8.82. The van der Waals surface area contributed by atoms with Crippen LogP contribution in [-0.2, 0) is 14.3 Å². The van der Waals surface area contributed by atoms with Crippen LogP contribution < -0.4 is 4.90 Å². The Hall–Kier alpha value is -2.66. The first-order valence-corrected chi connectivity index (χ1v) is 9.29. The monoisotopic (exact) mass is 371 g/mol. The molecule has 0 saturated carbocycles. The van der Waals surface area contributed by atoms with E-state index in [1.165, 1.54) is 7.11 Å². The van der Waals surface area contributed by atoms with Crippen molar-refractivity contribution in [3.05, 3.63) is 23.9 Å². The van der Waals surface area contributed by atoms with Gasteiger partial charge in [0, 0.05) is 52.6 Å². The number of piperazine rings is 1. The van der Waals surface area contributed by atoms with E-state index >= 15 is 0 Å². The second-order valence-corrected chi connectivity index (χ2v) is 6.94. The number of ether oxygens (including phenoxy) is 1. The van der Waals surface area contributed by atoms with E-state index in [4.69, 9.17) is 10.00 Å². The lowest BCUT2D eigenvalue weighted by Gasteiger charge is -2.39. The summed E-state index contributed by atoms with van der Waals surface area (Å²) in [5, 5.41) is 8.86. The highest BCUT2D eigenvalue weighted by Gasteiger charge is 2.32. The van der Waals surface area contributed by atoms with E-state index in [-0.39, 0.29) is 24.3 Å². The molecule has 1 aromatic heterocycles. The fourth-order valence-electron chi connectivity index (χ4n) is 3.67. The predicted molar refractivity (Wildman–Crippen MR) is 98.9 cm³/mol. The normalized spacial score (nSPS) is 20.3. The minimum atomic E-state index is -0.126. The first-order valence-electron chi connectivity index (χ1n) is 9.29. The SMILES string of the molecule is COCC(=O)N1CCCC(C(=O)N2CCN(c3ccc(C#N)cn3)CC2)C1. The number of likely N-dealkylation sites (tertiary alicyclic amines) is 1. The van der Waals surface area contributed by atoms with Gasteiger partial charge in [0.1, 0.15) is 18.5 Å². The molecule has 3 rings (SSSR count). The first kappa shape index (κ1) is 19.1. The van der Waals surface area contributed by atoms with Crippen molar-refractivity contribution in [2.24, 2.45) is 5.92 Å². The van der Waals surface area contributed by atoms with Crippen molar-refractivity contribution in [2.75, 3.05) is 57.9 Å². The molecule has 8 heteroatoms. The summed E-state index contributed by atoms with van der Waals surface area (Å²) in [4.78, 5) is 35.0. The third kappa shape index (κ3) is 4.55. The number of carbonyl (C=O) groups excluding carboxylic acids is 2. The molecule has 0 N–H and O–H groups in total. The van der Waals surface area contributed by atoms with E-state index in [1.54, 1.807) is 17.2 Å². The van der Waals surface area contributed by atoms with Crippen LogP contribution in [0.4, 0.5) is 5.82 Å². The maximum atomic E-state index is 12.9. The van der Waals surface area contributed by atoms with Crippen LogP contribution in [0.25, 0.3) is 0 Å². The zero-order chi connectivity index (χ0) is 19.2. The summed E-state index contributed by atoms with van der Waals surface area (Å²) in [7, 11) is 1.51. The maximum absolute atomic E-state index is 12.9. The van der Waals surface area contributed by atoms with Crippen LogP contribution in [0.15, 0.2) is 18.3 Å². The van der Waals surface area contributed by atoms with E-state index in [9.17, 15) is 9.59 Å². The summed E-state index contributed by atoms with van der Waals surface area (Å²) in [6.45, 7) is 3.96. The highest BCUT2D eigenvalue weighted by molar-refractivity contribution is 5.82. The third-order valence-electron chi connectivity index (χ3n) is 5.18. The van der Waals surface area contributed by atoms with Crippen molar-refractivity contribution in [3.8, 4) is 6.07 Å². The Kier molecular flexibility index (Phi) is 6.24. The average molecular weight is 371 g/mol. The quantitative estimate of drug-likeness (QED) is 0.765. The molecule has 1 unspecified atom stereocenters. The van der Waals surface area contributed by atoms with Gasteiger partial charge >= 0.3 is 0 Å². The van der Waals surface area contributed by atoms with Crippen molar-refractivity contribution >= 4 is 17.6 Å². The van der Waals surface area contributed by atoms with Crippen LogP contribution in [0.2, 0.25) is 0 Å². The molecule has 1 aromatic rings. The lowest BCUT2D eigenvalue weighted by atomic mass is 9.96. The predicted octanol–water partition coefficient (Wildman–Crippen LogP) is 0.487. The fraction of sp³-hybridized carbons (Fsp3) is 0.579. The number of nitriles is 1. The first-order chi connectivity index (χ1) is 13.1. The van der Waals surface area contributed by atoms with Gasteiger partial charge in [0.05, 0.1) is 11.5 Å². The third-order valence-corrected chi connectivity index (χ3v) is 5.18. The number of aromatic nitrogens is 1. The summed E-state index contributed by atoms with van der Waals surface area (Å²) in [6, 6.07) is 5.67. The Balaban J connectivity index is 1.53. The number of rotatable bonds is 4. The van der Waals surface area contributed by atoms with Crippen LogP contribution in [-0.4, -0.2) is 79.6 Å². The van der Waals surface area contributed by atoms with Gasteiger partial charge in [0.15, 0.2) is 0 Å². The number of hydrogen-bond donors (Lipinski definition) is 0. The molecule has 2 saturated heterocycles. The summed E-state index contributed by atoms with van der Waals surface area (Å²) in [6.07, 6.45) is 3.24. The standard InChI is InChI=1S/C19H25N5O3/c1-27-14-18(25)24-6-2-3-16(13-24)19(26)23-9-7-22(8-10-23)17-5-4-15(11-20)12-21-17/h4-5,12,16H,2-3,6-10,13-14H2,1H3. The van der Waals surface area contributed by atoms with Gasteiger partial charge in [-0.1, -0.05) is 0 Å². The zero-order valence-corrected chi connectivity index (χ0v) is 15.6. The number of pyridine rings is 1. The van der Waals surface area contributed by atoms with Gasteiger partial charge in [-0.25, -0.2) is 4.98 Å². The number of nitrogens with zero attached hydrogens (tertiary/aromatic N) is 5. The fourth-order valence-corrected chi connectivity index (χ4v) is 3.67. The van der Waals surface area contributed by atoms with E-state index in [1.807, 2.05) is 11.0 Å². The van der Waals surface area contributed by atoms with Gasteiger partial charge < -0.3 is 19.4 Å². The van der Waals surface area contributed by atoms with Crippen molar-refractivity contribution in [2.45, 2.75) is 12.8 Å². The van der Waals surface area contributed by atoms with Crippen molar-refractivity contribution in [1.29, 1.82) is 5.26 Å². The molecular weight excluding hydrogens is 346 g/mol. The molecule has 2 amide bonds. The Labute approximate surface area is 159 Å². The molecule has 27 heavy (non-hydrogen) atoms. The van der Waals surface area contributed by atoms with Crippen LogP contribution in [0.1, 0.15) is 18.4 Å². The van der Waals surface area contributed by atoms with E-state index in [0.717, 1.165) is 18.7 Å². The molecule has 144 valence electrons. The lowest BCUT2D eigenvalue weighted by molar-refractivity contribution is -0.142. The lowest BCUT2D eigenvalue weighted by Crippen LogP contribution is -2.53. The van der Waals surface area contributed by atoms with Crippen LogP contribution in [0.5, 0.6) is 0 Å². The molecule has 2 aliphatic rings. The highest BCUT2D eigenvalue weighted by Crippen LogP contribution is 2.21. The Morgan fingerprint density at radius 1 is 1.22 bits per heavy atom. The summed E-state index contributed by atoms with van der Waals surface area (Å²) in [5.41, 5.74) is 0.539. The number of amides is 2. The van der Waals surface area contributed by atoms with Gasteiger partial charge in [0.2, 0.25) is 11.8 Å². The smallest absolute Gasteiger partial charge is 0.248 e. The highest BCUT2D eigenvalue weighted by atomic mass is 16.5. The number of piperidine rings is 1. The van der Waals surface area contributed by atoms with Crippen molar-refractivity contribution < 1.29 is 14.3 Å². The van der Waals surface area contributed by atoms with Crippen LogP contribution >= 0.6 is 0 Å². The van der Waals surface area contributed by atoms with Crippen LogP contribution in [0.3, 0.4) is 0 Å². The number of anilines is 1. The molecule has 8 nitrogen and oxygen atoms in total. The van der Waals surface area contributed by atoms with Crippen LogP contribution in [0, 0.1) is 17.2 Å². The number of hydrogen-bond acceptors (Lipinski definition) is 6. The Morgan fingerprint density at radius 2 is 2.00 bits per heavy atom. The summed E-state index contributed by atoms with van der Waals surface area (Å²) < 4.78 is 4.92. The number of methoxy groups -OCH3 is 1. The molecule has 1 atom stereocenters. The zero-order valence-electron chi connectivity index (χ0n) is 15.6. The summed E-state index contributed by atoms with van der Waals surface area (Å²) >= 11 is 0. The Bertz CT molecular complexity index is 707. The molecule has 0 bridgehead atoms. The van der Waals surface area contributed by atoms with Gasteiger partial charge in [-0.3, -0.25) is 9.59 Å². The topological polar surface area (TPSA) is 89.8 Å². The van der Waals surface area contributed by atoms with E-state index < -0.39 is 0 Å². The minimum Gasteiger partial charge on any atom is -0.375 e. The van der Waals surface area contributed by atoms with Crippen molar-refractivity contribution in [1.82, 2.24) is 14.8 Å². The average Bonchev–Trinajstić information content (AvgIpc) is 2.73. The second-order valence-electron chi connectivity index (χ2n) is 6.94. The summed E-state index contributed by atoms with van der Waals surface area (Å²) in [5.74, 6) is 0.790. The maximum Gasteiger partial charge on any atom is 0.248 e. The molecule has 0 spiro atoms. The molecule has 0 aromatic carbocycles. The van der Waals surface area contributed by atoms with Gasteiger partial charge in [-0.2, -0.15) is 5.26 Å². The molecule has 0 aliphatic carbocycles. The minimum absolute atomic E-state index is 0.0493. The molecule has 2 fully saturated rings. The van der Waals surface area contributed by atoms with Crippen molar-refractivity contribution in [3.63, 3.8) is 0 Å². The number of carbonyl (C=O) groups is 2. The van der Waals surface area contributed by atoms with Gasteiger partial charge in [0.25, 0.3) is 0 Å². The molecule has 2 aliphatic heterocycles. The van der Waals surface area contributed by atoms with E-state index in [0.29, 0.717) is 44.8 Å². The largest absolute Gasteiger partial charge is 0.375 e. The molecule has 3 heterocycles. The molecule has 0 radical (unpaired) electrons. The van der Waals surface area contributed by atoms with Gasteiger partial charge in [-0.15, -0.1) is 0 Å². The van der Waals surface area contributed by atoms with E-state index in [2.05, 4.69) is 16.0 Å². The Morgan fingerprint density at radius 3 is 2.63 bits per heavy atom. The van der Waals surface area contributed by atoms with Gasteiger partial charge in [-0.05, 0) is 25.0 Å². The molecular formula is C19H25N5O3.